The first-order valence-corrected chi connectivity index (χ1v) is 10.9. The Morgan fingerprint density at radius 2 is 1.67 bits per heavy atom. The zero-order valence-corrected chi connectivity index (χ0v) is 18.4. The molecule has 0 heterocycles. The Hall–Kier alpha value is -2.82. The number of unbranched alkanes of at least 4 members (excludes halogenated alkanes) is 1. The van der Waals surface area contributed by atoms with E-state index in [1.54, 1.807) is 4.90 Å². The van der Waals surface area contributed by atoms with Crippen LogP contribution >= 0.6 is 0 Å². The van der Waals surface area contributed by atoms with Gasteiger partial charge in [0.2, 0.25) is 5.91 Å². The zero-order valence-electron chi connectivity index (χ0n) is 18.4. The normalized spacial score (nSPS) is 11.6. The van der Waals surface area contributed by atoms with Crippen LogP contribution in [0.15, 0.2) is 54.6 Å². The number of aryl methyl sites for hydroxylation is 1. The first-order valence-electron chi connectivity index (χ1n) is 10.9. The van der Waals surface area contributed by atoms with Gasteiger partial charge in [0.05, 0.1) is 0 Å². The van der Waals surface area contributed by atoms with Crippen LogP contribution in [0.1, 0.15) is 51.2 Å². The van der Waals surface area contributed by atoms with Gasteiger partial charge in [0.1, 0.15) is 11.8 Å². The first kappa shape index (κ1) is 23.5. The molecule has 30 heavy (non-hydrogen) atoms. The number of amides is 2. The molecule has 0 unspecified atom stereocenters. The molecule has 1 N–H and O–H groups in total. The second kappa shape index (κ2) is 12.7. The second-order valence-corrected chi connectivity index (χ2v) is 7.36. The summed E-state index contributed by atoms with van der Waals surface area (Å²) in [6.07, 6.45) is 3.43. The highest BCUT2D eigenvalue weighted by atomic mass is 16.5. The standard InChI is InChI=1S/C25H34N2O3/c1-4-7-17-26-25(29)23(6-3)27(18-21-11-9-8-10-12-21)24(28)19-30-22-15-13-20(5-2)14-16-22/h8-16,23H,4-7,17-19H2,1-3H3,(H,26,29)/t23-/m0/s1. The van der Waals surface area contributed by atoms with Crippen molar-refractivity contribution in [2.45, 2.75) is 59.0 Å². The van der Waals surface area contributed by atoms with Crippen LogP contribution < -0.4 is 10.1 Å². The summed E-state index contributed by atoms with van der Waals surface area (Å²) in [5, 5.41) is 2.97. The molecule has 0 spiro atoms. The molecule has 0 aliphatic heterocycles. The number of rotatable bonds is 12. The summed E-state index contributed by atoms with van der Waals surface area (Å²) >= 11 is 0. The molecule has 5 heteroatoms. The number of nitrogens with zero attached hydrogens (tertiary/aromatic N) is 1. The van der Waals surface area contributed by atoms with Gasteiger partial charge in [0.25, 0.3) is 5.91 Å². The topological polar surface area (TPSA) is 58.6 Å². The summed E-state index contributed by atoms with van der Waals surface area (Å²) in [4.78, 5) is 27.5. The minimum Gasteiger partial charge on any atom is -0.484 e. The van der Waals surface area contributed by atoms with Gasteiger partial charge < -0.3 is 15.0 Å². The summed E-state index contributed by atoms with van der Waals surface area (Å²) in [6.45, 7) is 7.00. The second-order valence-electron chi connectivity index (χ2n) is 7.36. The van der Waals surface area contributed by atoms with E-state index in [1.165, 1.54) is 5.56 Å². The molecule has 0 aromatic heterocycles. The smallest absolute Gasteiger partial charge is 0.261 e. The van der Waals surface area contributed by atoms with Crippen molar-refractivity contribution in [3.8, 4) is 5.75 Å². The number of carbonyl (C=O) groups excluding carboxylic acids is 2. The Morgan fingerprint density at radius 1 is 0.967 bits per heavy atom. The Bertz CT molecular complexity index is 775. The van der Waals surface area contributed by atoms with Gasteiger partial charge in [0, 0.05) is 13.1 Å². The van der Waals surface area contributed by atoms with Crippen LogP contribution in [0.25, 0.3) is 0 Å². The Labute approximate surface area is 180 Å². The minimum absolute atomic E-state index is 0.100. The molecule has 2 aromatic rings. The number of carbonyl (C=O) groups is 2. The quantitative estimate of drug-likeness (QED) is 0.529. The van der Waals surface area contributed by atoms with E-state index in [0.29, 0.717) is 25.3 Å². The Balaban J connectivity index is 2.11. The minimum atomic E-state index is -0.527. The van der Waals surface area contributed by atoms with Crippen molar-refractivity contribution in [2.24, 2.45) is 0 Å². The molecule has 2 rings (SSSR count). The van der Waals surface area contributed by atoms with E-state index in [0.717, 1.165) is 24.8 Å². The Kier molecular flexibility index (Phi) is 9.92. The predicted molar refractivity (Wildman–Crippen MR) is 120 cm³/mol. The maximum absolute atomic E-state index is 13.1. The summed E-state index contributed by atoms with van der Waals surface area (Å²) < 4.78 is 5.74. The van der Waals surface area contributed by atoms with Crippen LogP contribution in [0.4, 0.5) is 0 Å². The summed E-state index contributed by atoms with van der Waals surface area (Å²) in [6, 6.07) is 17.0. The molecule has 0 saturated carbocycles. The number of ether oxygens (including phenoxy) is 1. The number of hydrogen-bond donors (Lipinski definition) is 1. The van der Waals surface area contributed by atoms with E-state index in [9.17, 15) is 9.59 Å². The van der Waals surface area contributed by atoms with Gasteiger partial charge in [-0.3, -0.25) is 9.59 Å². The molecule has 5 nitrogen and oxygen atoms in total. The van der Waals surface area contributed by atoms with Crippen LogP contribution in [0, 0.1) is 0 Å². The van der Waals surface area contributed by atoms with Gasteiger partial charge in [-0.25, -0.2) is 0 Å². The highest BCUT2D eigenvalue weighted by molar-refractivity contribution is 5.88. The van der Waals surface area contributed by atoms with E-state index in [2.05, 4.69) is 19.2 Å². The molecule has 0 radical (unpaired) electrons. The molecule has 0 bridgehead atoms. The van der Waals surface area contributed by atoms with Crippen molar-refractivity contribution in [3.05, 3.63) is 65.7 Å². The molecule has 1 atom stereocenters. The molecule has 0 saturated heterocycles. The van der Waals surface area contributed by atoms with E-state index in [1.807, 2.05) is 61.5 Å². The van der Waals surface area contributed by atoms with Crippen molar-refractivity contribution in [1.29, 1.82) is 0 Å². The summed E-state index contributed by atoms with van der Waals surface area (Å²) in [5.74, 6) is 0.346. The van der Waals surface area contributed by atoms with Gasteiger partial charge in [-0.05, 0) is 42.5 Å². The molecular weight excluding hydrogens is 376 g/mol. The lowest BCUT2D eigenvalue weighted by atomic mass is 10.1. The van der Waals surface area contributed by atoms with Crippen molar-refractivity contribution >= 4 is 11.8 Å². The SMILES string of the molecule is CCCCNC(=O)[C@H](CC)N(Cc1ccccc1)C(=O)COc1ccc(CC)cc1. The van der Waals surface area contributed by atoms with Gasteiger partial charge in [-0.15, -0.1) is 0 Å². The predicted octanol–water partition coefficient (Wildman–Crippen LogP) is 4.35. The van der Waals surface area contributed by atoms with Crippen molar-refractivity contribution < 1.29 is 14.3 Å². The van der Waals surface area contributed by atoms with Gasteiger partial charge in [0.15, 0.2) is 6.61 Å². The fourth-order valence-electron chi connectivity index (χ4n) is 3.26. The largest absolute Gasteiger partial charge is 0.484 e. The van der Waals surface area contributed by atoms with E-state index in [4.69, 9.17) is 4.74 Å². The lowest BCUT2D eigenvalue weighted by Gasteiger charge is -2.30. The maximum atomic E-state index is 13.1. The number of benzene rings is 2. The summed E-state index contributed by atoms with van der Waals surface area (Å²) in [5.41, 5.74) is 2.20. The van der Waals surface area contributed by atoms with E-state index >= 15 is 0 Å². The van der Waals surface area contributed by atoms with Gasteiger partial charge >= 0.3 is 0 Å². The fraction of sp³-hybridized carbons (Fsp3) is 0.440. The number of nitrogens with one attached hydrogen (secondary N) is 1. The molecule has 0 aliphatic rings. The highest BCUT2D eigenvalue weighted by Gasteiger charge is 2.28. The molecule has 2 aromatic carbocycles. The van der Waals surface area contributed by atoms with Crippen molar-refractivity contribution in [2.75, 3.05) is 13.2 Å². The zero-order chi connectivity index (χ0) is 21.8. The van der Waals surface area contributed by atoms with Gasteiger partial charge in [-0.2, -0.15) is 0 Å². The lowest BCUT2D eigenvalue weighted by Crippen LogP contribution is -2.50. The molecular formula is C25H34N2O3. The first-order chi connectivity index (χ1) is 14.6. The molecule has 0 fully saturated rings. The van der Waals surface area contributed by atoms with Crippen molar-refractivity contribution in [3.63, 3.8) is 0 Å². The summed E-state index contributed by atoms with van der Waals surface area (Å²) in [7, 11) is 0. The van der Waals surface area contributed by atoms with Crippen LogP contribution in [0.3, 0.4) is 0 Å². The Morgan fingerprint density at radius 3 is 2.27 bits per heavy atom. The van der Waals surface area contributed by atoms with Crippen molar-refractivity contribution in [1.82, 2.24) is 10.2 Å². The molecule has 0 aliphatic carbocycles. The lowest BCUT2D eigenvalue weighted by molar-refractivity contribution is -0.143. The maximum Gasteiger partial charge on any atom is 0.261 e. The fourth-order valence-corrected chi connectivity index (χ4v) is 3.26. The van der Waals surface area contributed by atoms with Crippen LogP contribution in [0.2, 0.25) is 0 Å². The third-order valence-corrected chi connectivity index (χ3v) is 5.11. The third-order valence-electron chi connectivity index (χ3n) is 5.11. The van der Waals surface area contributed by atoms with E-state index < -0.39 is 6.04 Å². The highest BCUT2D eigenvalue weighted by Crippen LogP contribution is 2.15. The van der Waals surface area contributed by atoms with Crippen LogP contribution in [-0.2, 0) is 22.6 Å². The average Bonchev–Trinajstić information content (AvgIpc) is 2.78. The van der Waals surface area contributed by atoms with Crippen LogP contribution in [0.5, 0.6) is 5.75 Å². The van der Waals surface area contributed by atoms with Crippen LogP contribution in [-0.4, -0.2) is 35.9 Å². The van der Waals surface area contributed by atoms with E-state index in [-0.39, 0.29) is 18.4 Å². The average molecular weight is 411 g/mol. The number of hydrogen-bond acceptors (Lipinski definition) is 3. The molecule has 2 amide bonds. The third kappa shape index (κ3) is 7.21. The molecule has 162 valence electrons. The van der Waals surface area contributed by atoms with Gasteiger partial charge in [-0.1, -0.05) is 69.7 Å². The monoisotopic (exact) mass is 410 g/mol.